The number of hydrogen-bond acceptors (Lipinski definition) is 4. The maximum Gasteiger partial charge on any atom is 0.323 e. The van der Waals surface area contributed by atoms with E-state index in [1.165, 1.54) is 25.7 Å². The van der Waals surface area contributed by atoms with E-state index in [0.717, 1.165) is 19.3 Å². The molecule has 0 fully saturated rings. The molecular formula is C13H26O4. The molecule has 0 amide bonds. The van der Waals surface area contributed by atoms with Crippen LogP contribution in [0, 0.1) is 0 Å². The van der Waals surface area contributed by atoms with Crippen molar-refractivity contribution in [3.63, 3.8) is 0 Å². The number of hydrogen-bond donors (Lipinski definition) is 2. The van der Waals surface area contributed by atoms with Gasteiger partial charge in [-0.1, -0.05) is 52.4 Å². The van der Waals surface area contributed by atoms with Gasteiger partial charge >= 0.3 is 11.9 Å². The first kappa shape index (κ1) is 16.4. The summed E-state index contributed by atoms with van der Waals surface area (Å²) in [5.74, 6) is -2.83. The lowest BCUT2D eigenvalue weighted by Gasteiger charge is -2.19. The first-order valence-corrected chi connectivity index (χ1v) is 6.68. The van der Waals surface area contributed by atoms with Gasteiger partial charge in [-0.05, 0) is 6.42 Å². The maximum absolute atomic E-state index is 11.2. The molecule has 4 heteroatoms. The molecule has 0 aliphatic heterocycles. The smallest absolute Gasteiger partial charge is 0.323 e. The topological polar surface area (TPSA) is 66.8 Å². The summed E-state index contributed by atoms with van der Waals surface area (Å²) in [7, 11) is 0. The molecule has 0 aromatic heterocycles. The molecule has 4 nitrogen and oxygen atoms in total. The Morgan fingerprint density at radius 3 is 2.06 bits per heavy atom. The molecule has 0 atom stereocenters. The van der Waals surface area contributed by atoms with E-state index in [1.54, 1.807) is 6.92 Å². The molecule has 0 aromatic carbocycles. The van der Waals surface area contributed by atoms with Crippen LogP contribution in [0.25, 0.3) is 0 Å². The maximum atomic E-state index is 11.2. The van der Waals surface area contributed by atoms with Crippen molar-refractivity contribution in [3.05, 3.63) is 0 Å². The molecule has 0 rings (SSSR count). The van der Waals surface area contributed by atoms with Crippen LogP contribution < -0.4 is 0 Å². The van der Waals surface area contributed by atoms with Crippen molar-refractivity contribution < 1.29 is 19.7 Å². The Morgan fingerprint density at radius 2 is 1.53 bits per heavy atom. The summed E-state index contributed by atoms with van der Waals surface area (Å²) in [4.78, 5) is 11.2. The minimum atomic E-state index is -2.29. The first-order chi connectivity index (χ1) is 8.02. The van der Waals surface area contributed by atoms with Crippen molar-refractivity contribution in [1.82, 2.24) is 0 Å². The van der Waals surface area contributed by atoms with Gasteiger partial charge in [0.05, 0.1) is 0 Å². The highest BCUT2D eigenvalue weighted by Gasteiger charge is 2.25. The molecular weight excluding hydrogens is 220 g/mol. The molecule has 0 aliphatic rings. The largest absolute Gasteiger partial charge is 0.408 e. The second-order valence-electron chi connectivity index (χ2n) is 4.44. The van der Waals surface area contributed by atoms with Gasteiger partial charge < -0.3 is 14.9 Å². The Morgan fingerprint density at radius 1 is 1.00 bits per heavy atom. The van der Waals surface area contributed by atoms with Crippen molar-refractivity contribution >= 4 is 5.97 Å². The van der Waals surface area contributed by atoms with Crippen molar-refractivity contribution in [1.29, 1.82) is 0 Å². The first-order valence-electron chi connectivity index (χ1n) is 6.68. The van der Waals surface area contributed by atoms with Crippen LogP contribution in [-0.4, -0.2) is 22.2 Å². The third-order valence-corrected chi connectivity index (χ3v) is 2.72. The summed E-state index contributed by atoms with van der Waals surface area (Å²) in [5.41, 5.74) is 0. The van der Waals surface area contributed by atoms with Crippen molar-refractivity contribution in [2.24, 2.45) is 0 Å². The van der Waals surface area contributed by atoms with E-state index in [0.29, 0.717) is 0 Å². The third kappa shape index (κ3) is 10.3. The van der Waals surface area contributed by atoms with E-state index in [4.69, 9.17) is 10.2 Å². The second-order valence-corrected chi connectivity index (χ2v) is 4.44. The predicted octanol–water partition coefficient (Wildman–Crippen LogP) is 2.72. The van der Waals surface area contributed by atoms with Crippen LogP contribution >= 0.6 is 0 Å². The van der Waals surface area contributed by atoms with E-state index in [-0.39, 0.29) is 12.8 Å². The van der Waals surface area contributed by atoms with Crippen LogP contribution in [0.1, 0.15) is 71.6 Å². The van der Waals surface area contributed by atoms with E-state index in [9.17, 15) is 4.79 Å². The lowest BCUT2D eigenvalue weighted by Crippen LogP contribution is -2.33. The summed E-state index contributed by atoms with van der Waals surface area (Å²) in [6.07, 6.45) is 8.10. The van der Waals surface area contributed by atoms with Crippen molar-refractivity contribution in [2.75, 3.05) is 0 Å². The van der Waals surface area contributed by atoms with Gasteiger partial charge in [0.1, 0.15) is 0 Å². The predicted molar refractivity (Wildman–Crippen MR) is 66.2 cm³/mol. The van der Waals surface area contributed by atoms with E-state index < -0.39 is 11.9 Å². The molecule has 0 spiro atoms. The number of carbonyl (C=O) groups excluding carboxylic acids is 1. The van der Waals surface area contributed by atoms with Crippen LogP contribution in [0.5, 0.6) is 0 Å². The van der Waals surface area contributed by atoms with Crippen LogP contribution in [0.3, 0.4) is 0 Å². The zero-order chi connectivity index (χ0) is 13.1. The molecule has 2 N–H and O–H groups in total. The number of carbonyl (C=O) groups is 1. The Hall–Kier alpha value is -0.610. The molecule has 102 valence electrons. The third-order valence-electron chi connectivity index (χ3n) is 2.72. The van der Waals surface area contributed by atoms with Crippen LogP contribution in [0.4, 0.5) is 0 Å². The number of esters is 1. The standard InChI is InChI=1S/C13H26O4/c1-3-5-6-7-8-9-10-11-12(14)17-13(15,16)4-2/h15-16H,3-11H2,1-2H3. The molecule has 0 heterocycles. The SMILES string of the molecule is CCCCCCCCCC(=O)OC(O)(O)CC. The lowest BCUT2D eigenvalue weighted by molar-refractivity contribution is -0.319. The number of aliphatic hydroxyl groups is 2. The normalized spacial score (nSPS) is 11.5. The second kappa shape index (κ2) is 9.42. The average Bonchev–Trinajstić information content (AvgIpc) is 2.27. The zero-order valence-corrected chi connectivity index (χ0v) is 11.1. The molecule has 0 saturated heterocycles. The number of ether oxygens (including phenoxy) is 1. The van der Waals surface area contributed by atoms with E-state index in [2.05, 4.69) is 11.7 Å². The van der Waals surface area contributed by atoms with E-state index >= 15 is 0 Å². The molecule has 0 unspecified atom stereocenters. The van der Waals surface area contributed by atoms with E-state index in [1.807, 2.05) is 0 Å². The highest BCUT2D eigenvalue weighted by Crippen LogP contribution is 2.12. The fourth-order valence-electron chi connectivity index (χ4n) is 1.53. The van der Waals surface area contributed by atoms with Crippen LogP contribution in [0.2, 0.25) is 0 Å². The highest BCUT2D eigenvalue weighted by molar-refractivity contribution is 5.69. The Labute approximate surface area is 104 Å². The number of unbranched alkanes of at least 4 members (excludes halogenated alkanes) is 6. The Balaban J connectivity index is 3.40. The molecule has 0 bridgehead atoms. The minimum Gasteiger partial charge on any atom is -0.408 e. The van der Waals surface area contributed by atoms with Crippen molar-refractivity contribution in [3.8, 4) is 0 Å². The quantitative estimate of drug-likeness (QED) is 0.353. The molecule has 0 radical (unpaired) electrons. The zero-order valence-electron chi connectivity index (χ0n) is 11.1. The fraction of sp³-hybridized carbons (Fsp3) is 0.923. The summed E-state index contributed by atoms with van der Waals surface area (Å²) >= 11 is 0. The van der Waals surface area contributed by atoms with Gasteiger partial charge in [-0.15, -0.1) is 0 Å². The molecule has 17 heavy (non-hydrogen) atoms. The van der Waals surface area contributed by atoms with Gasteiger partial charge in [-0.25, -0.2) is 0 Å². The summed E-state index contributed by atoms with van der Waals surface area (Å²) in [6, 6.07) is 0. The average molecular weight is 246 g/mol. The van der Waals surface area contributed by atoms with Gasteiger partial charge in [0.15, 0.2) is 0 Å². The van der Waals surface area contributed by atoms with Gasteiger partial charge in [0.25, 0.3) is 0 Å². The Bertz CT molecular complexity index is 202. The van der Waals surface area contributed by atoms with Crippen LogP contribution in [0.15, 0.2) is 0 Å². The van der Waals surface area contributed by atoms with Gasteiger partial charge in [0, 0.05) is 12.8 Å². The minimum absolute atomic E-state index is 0.0181. The van der Waals surface area contributed by atoms with Gasteiger partial charge in [-0.3, -0.25) is 4.79 Å². The monoisotopic (exact) mass is 246 g/mol. The summed E-state index contributed by atoms with van der Waals surface area (Å²) in [6.45, 7) is 3.72. The van der Waals surface area contributed by atoms with Gasteiger partial charge in [-0.2, -0.15) is 0 Å². The highest BCUT2D eigenvalue weighted by atomic mass is 16.8. The summed E-state index contributed by atoms with van der Waals surface area (Å²) < 4.78 is 4.50. The van der Waals surface area contributed by atoms with Gasteiger partial charge in [0.2, 0.25) is 0 Å². The van der Waals surface area contributed by atoms with Crippen LogP contribution in [-0.2, 0) is 9.53 Å². The lowest BCUT2D eigenvalue weighted by atomic mass is 10.1. The summed E-state index contributed by atoms with van der Waals surface area (Å²) in [5, 5.41) is 18.2. The van der Waals surface area contributed by atoms with Crippen molar-refractivity contribution in [2.45, 2.75) is 77.6 Å². The number of rotatable bonds is 10. The fourth-order valence-corrected chi connectivity index (χ4v) is 1.53. The Kier molecular flexibility index (Phi) is 9.09. The molecule has 0 aliphatic carbocycles. The molecule has 0 aromatic rings. The molecule has 0 saturated carbocycles.